The fourth-order valence-corrected chi connectivity index (χ4v) is 3.82. The van der Waals surface area contributed by atoms with E-state index in [1.54, 1.807) is 0 Å². The molecule has 1 unspecified atom stereocenters. The Balaban J connectivity index is 1.97. The number of fused-ring (bicyclic) bond motifs is 1. The van der Waals surface area contributed by atoms with Gasteiger partial charge in [0, 0.05) is 40.1 Å². The molecular weight excluding hydrogens is 312 g/mol. The van der Waals surface area contributed by atoms with Crippen LogP contribution in [-0.2, 0) is 0 Å². The number of carbonyl (C=O) groups is 1. The highest BCUT2D eigenvalue weighted by molar-refractivity contribution is 6.31. The molecule has 3 rings (SSSR count). The highest BCUT2D eigenvalue weighted by atomic mass is 35.5. The number of aromatic amines is 1. The van der Waals surface area contributed by atoms with Crippen molar-refractivity contribution in [3.8, 4) is 0 Å². The summed E-state index contributed by atoms with van der Waals surface area (Å²) in [5.41, 5.74) is 2.33. The first-order chi connectivity index (χ1) is 11.0. The van der Waals surface area contributed by atoms with E-state index in [1.807, 2.05) is 30.0 Å². The summed E-state index contributed by atoms with van der Waals surface area (Å²) in [7, 11) is 0. The molecule has 2 N–H and O–H groups in total. The van der Waals surface area contributed by atoms with Crippen LogP contribution < -0.4 is 0 Å². The van der Waals surface area contributed by atoms with Crippen molar-refractivity contribution in [1.82, 2.24) is 9.88 Å². The van der Waals surface area contributed by atoms with Gasteiger partial charge in [-0.15, -0.1) is 0 Å². The molecule has 124 valence electrons. The standard InChI is InChI=1S/C18H23ClN2O2/c1-3-18(11-22)7-4-8-21(10-18)17(23)16-12(2)20-15-6-5-13(19)9-14(15)16/h5-6,9,20,22H,3-4,7-8,10-11H2,1-2H3. The number of aryl methyl sites for hydroxylation is 1. The largest absolute Gasteiger partial charge is 0.396 e. The fourth-order valence-electron chi connectivity index (χ4n) is 3.64. The molecule has 1 saturated heterocycles. The van der Waals surface area contributed by atoms with E-state index in [9.17, 15) is 9.90 Å². The molecule has 1 aliphatic heterocycles. The van der Waals surface area contributed by atoms with E-state index in [2.05, 4.69) is 11.9 Å². The van der Waals surface area contributed by atoms with Gasteiger partial charge in [0.2, 0.25) is 0 Å². The predicted octanol–water partition coefficient (Wildman–Crippen LogP) is 3.75. The van der Waals surface area contributed by atoms with Gasteiger partial charge in [0.25, 0.3) is 5.91 Å². The Morgan fingerprint density at radius 2 is 2.26 bits per heavy atom. The molecule has 0 radical (unpaired) electrons. The zero-order valence-corrected chi connectivity index (χ0v) is 14.4. The Bertz CT molecular complexity index is 734. The Morgan fingerprint density at radius 1 is 1.48 bits per heavy atom. The Labute approximate surface area is 141 Å². The third-order valence-corrected chi connectivity index (χ3v) is 5.43. The number of aliphatic hydroxyl groups is 1. The lowest BCUT2D eigenvalue weighted by Gasteiger charge is -2.41. The monoisotopic (exact) mass is 334 g/mol. The van der Waals surface area contributed by atoms with E-state index in [0.717, 1.165) is 42.4 Å². The van der Waals surface area contributed by atoms with Crippen LogP contribution in [0.15, 0.2) is 18.2 Å². The minimum Gasteiger partial charge on any atom is -0.396 e. The number of aromatic nitrogens is 1. The van der Waals surface area contributed by atoms with Crippen molar-refractivity contribution in [1.29, 1.82) is 0 Å². The van der Waals surface area contributed by atoms with Crippen LogP contribution in [0.4, 0.5) is 0 Å². The van der Waals surface area contributed by atoms with Crippen molar-refractivity contribution < 1.29 is 9.90 Å². The summed E-state index contributed by atoms with van der Waals surface area (Å²) >= 11 is 6.11. The number of hydrogen-bond donors (Lipinski definition) is 2. The van der Waals surface area contributed by atoms with Crippen LogP contribution in [0.2, 0.25) is 5.02 Å². The number of rotatable bonds is 3. The molecule has 1 aromatic carbocycles. The molecule has 1 aromatic heterocycles. The lowest BCUT2D eigenvalue weighted by atomic mass is 9.78. The third-order valence-electron chi connectivity index (χ3n) is 5.20. The number of piperidine rings is 1. The fraction of sp³-hybridized carbons (Fsp3) is 0.500. The number of amides is 1. The van der Waals surface area contributed by atoms with Gasteiger partial charge in [0.15, 0.2) is 0 Å². The minimum absolute atomic E-state index is 0.0296. The minimum atomic E-state index is -0.161. The van der Waals surface area contributed by atoms with Crippen LogP contribution in [0.25, 0.3) is 10.9 Å². The van der Waals surface area contributed by atoms with Crippen LogP contribution in [0.1, 0.15) is 42.2 Å². The van der Waals surface area contributed by atoms with Gasteiger partial charge >= 0.3 is 0 Å². The number of nitrogens with one attached hydrogen (secondary N) is 1. The van der Waals surface area contributed by atoms with E-state index in [0.29, 0.717) is 17.1 Å². The molecule has 0 aliphatic carbocycles. The summed E-state index contributed by atoms with van der Waals surface area (Å²) in [5, 5.41) is 11.3. The maximum absolute atomic E-state index is 13.1. The van der Waals surface area contributed by atoms with Crippen molar-refractivity contribution in [2.24, 2.45) is 5.41 Å². The molecule has 4 nitrogen and oxygen atoms in total. The first-order valence-electron chi connectivity index (χ1n) is 8.17. The number of likely N-dealkylation sites (tertiary alicyclic amines) is 1. The number of H-pyrrole nitrogens is 1. The number of nitrogens with zero attached hydrogens (tertiary/aromatic N) is 1. The van der Waals surface area contributed by atoms with Gasteiger partial charge < -0.3 is 15.0 Å². The first kappa shape index (κ1) is 16.3. The molecule has 1 aliphatic rings. The van der Waals surface area contributed by atoms with Crippen molar-refractivity contribution in [3.63, 3.8) is 0 Å². The van der Waals surface area contributed by atoms with E-state index in [-0.39, 0.29) is 17.9 Å². The maximum atomic E-state index is 13.1. The Hall–Kier alpha value is -1.52. The summed E-state index contributed by atoms with van der Waals surface area (Å²) in [6.45, 7) is 5.50. The zero-order valence-electron chi connectivity index (χ0n) is 13.7. The van der Waals surface area contributed by atoms with Gasteiger partial charge in [-0.1, -0.05) is 18.5 Å². The molecule has 0 spiro atoms. The van der Waals surface area contributed by atoms with Crippen LogP contribution >= 0.6 is 11.6 Å². The second-order valence-electron chi connectivity index (χ2n) is 6.66. The van der Waals surface area contributed by atoms with Crippen LogP contribution in [0.5, 0.6) is 0 Å². The van der Waals surface area contributed by atoms with Gasteiger partial charge in [0.05, 0.1) is 12.2 Å². The highest BCUT2D eigenvalue weighted by Crippen LogP contribution is 2.34. The Morgan fingerprint density at radius 3 is 2.96 bits per heavy atom. The smallest absolute Gasteiger partial charge is 0.256 e. The molecule has 1 atom stereocenters. The summed E-state index contributed by atoms with van der Waals surface area (Å²) in [5.74, 6) is 0.0296. The molecule has 2 heterocycles. The molecule has 0 bridgehead atoms. The highest BCUT2D eigenvalue weighted by Gasteiger charge is 2.36. The van der Waals surface area contributed by atoms with Gasteiger partial charge in [-0.3, -0.25) is 4.79 Å². The topological polar surface area (TPSA) is 56.3 Å². The van der Waals surface area contributed by atoms with Crippen molar-refractivity contribution in [3.05, 3.63) is 34.5 Å². The summed E-state index contributed by atoms with van der Waals surface area (Å²) in [6.07, 6.45) is 2.79. The lowest BCUT2D eigenvalue weighted by molar-refractivity contribution is 0.0252. The van der Waals surface area contributed by atoms with Crippen LogP contribution in [-0.4, -0.2) is 40.6 Å². The van der Waals surface area contributed by atoms with Crippen molar-refractivity contribution >= 4 is 28.4 Å². The average Bonchev–Trinajstić information content (AvgIpc) is 2.89. The van der Waals surface area contributed by atoms with Crippen LogP contribution in [0, 0.1) is 12.3 Å². The van der Waals surface area contributed by atoms with E-state index < -0.39 is 0 Å². The van der Waals surface area contributed by atoms with E-state index >= 15 is 0 Å². The van der Waals surface area contributed by atoms with Gasteiger partial charge in [-0.25, -0.2) is 0 Å². The number of carbonyl (C=O) groups excluding carboxylic acids is 1. The SMILES string of the molecule is CCC1(CO)CCCN(C(=O)c2c(C)[nH]c3ccc(Cl)cc23)C1. The summed E-state index contributed by atoms with van der Waals surface area (Å²) in [4.78, 5) is 18.3. The zero-order chi connectivity index (χ0) is 16.6. The van der Waals surface area contributed by atoms with Gasteiger partial charge in [-0.05, 0) is 44.4 Å². The number of aliphatic hydroxyl groups excluding tert-OH is 1. The quantitative estimate of drug-likeness (QED) is 0.898. The molecular formula is C18H23ClN2O2. The predicted molar refractivity (Wildman–Crippen MR) is 93.0 cm³/mol. The van der Waals surface area contributed by atoms with Crippen LogP contribution in [0.3, 0.4) is 0 Å². The number of halogens is 1. The third kappa shape index (κ3) is 2.86. The molecule has 2 aromatic rings. The molecule has 1 amide bonds. The molecule has 5 heteroatoms. The molecule has 23 heavy (non-hydrogen) atoms. The normalized spacial score (nSPS) is 21.8. The molecule has 0 saturated carbocycles. The first-order valence-corrected chi connectivity index (χ1v) is 8.55. The van der Waals surface area contributed by atoms with Gasteiger partial charge in [0.1, 0.15) is 0 Å². The lowest BCUT2D eigenvalue weighted by Crippen LogP contribution is -2.47. The second-order valence-corrected chi connectivity index (χ2v) is 7.09. The van der Waals surface area contributed by atoms with E-state index in [1.165, 1.54) is 0 Å². The van der Waals surface area contributed by atoms with Crippen molar-refractivity contribution in [2.75, 3.05) is 19.7 Å². The number of hydrogen-bond acceptors (Lipinski definition) is 2. The van der Waals surface area contributed by atoms with E-state index in [4.69, 9.17) is 11.6 Å². The second kappa shape index (κ2) is 6.17. The average molecular weight is 335 g/mol. The van der Waals surface area contributed by atoms with Gasteiger partial charge in [-0.2, -0.15) is 0 Å². The number of benzene rings is 1. The summed E-state index contributed by atoms with van der Waals surface area (Å²) < 4.78 is 0. The summed E-state index contributed by atoms with van der Waals surface area (Å²) in [6, 6.07) is 5.57. The molecule has 1 fully saturated rings. The maximum Gasteiger partial charge on any atom is 0.256 e. The van der Waals surface area contributed by atoms with Crippen molar-refractivity contribution in [2.45, 2.75) is 33.1 Å². The Kier molecular flexibility index (Phi) is 4.39.